The Kier molecular flexibility index (Phi) is 8.94. The van der Waals surface area contributed by atoms with Crippen molar-refractivity contribution in [1.29, 1.82) is 0 Å². The minimum Gasteiger partial charge on any atom is -0.489 e. The van der Waals surface area contributed by atoms with E-state index in [1.807, 2.05) is 24.0 Å². The van der Waals surface area contributed by atoms with Gasteiger partial charge in [-0.25, -0.2) is 0 Å². The van der Waals surface area contributed by atoms with Gasteiger partial charge in [0, 0.05) is 45.6 Å². The zero-order valence-electron chi connectivity index (χ0n) is 16.3. The van der Waals surface area contributed by atoms with E-state index in [0.717, 1.165) is 24.9 Å². The highest BCUT2D eigenvalue weighted by molar-refractivity contribution is 14.0. The molecular formula is C19H28ClIN4O3. The fraction of sp³-hybridized carbons (Fsp3) is 0.579. The van der Waals surface area contributed by atoms with E-state index in [2.05, 4.69) is 15.6 Å². The molecule has 0 aliphatic carbocycles. The third-order valence-electron chi connectivity index (χ3n) is 4.73. The molecule has 28 heavy (non-hydrogen) atoms. The summed E-state index contributed by atoms with van der Waals surface area (Å²) in [5.74, 6) is 2.20. The number of likely N-dealkylation sites (tertiary alicyclic amines) is 1. The number of halogens is 2. The molecule has 0 spiro atoms. The number of nitrogens with zero attached hydrogens (tertiary/aromatic N) is 2. The number of fused-ring (bicyclic) bond motifs is 1. The number of rotatable bonds is 4. The summed E-state index contributed by atoms with van der Waals surface area (Å²) >= 11 is 6.35. The Labute approximate surface area is 188 Å². The maximum absolute atomic E-state index is 11.8. The van der Waals surface area contributed by atoms with Crippen LogP contribution in [0.2, 0.25) is 5.02 Å². The molecule has 1 saturated heterocycles. The van der Waals surface area contributed by atoms with Gasteiger partial charge in [-0.1, -0.05) is 18.5 Å². The highest BCUT2D eigenvalue weighted by Crippen LogP contribution is 2.37. The molecule has 156 valence electrons. The maximum atomic E-state index is 11.8. The number of aliphatic imine (C=N–C) groups is 1. The van der Waals surface area contributed by atoms with Crippen molar-refractivity contribution < 1.29 is 14.3 Å². The van der Waals surface area contributed by atoms with E-state index in [1.54, 1.807) is 7.05 Å². The minimum absolute atomic E-state index is 0. The van der Waals surface area contributed by atoms with Gasteiger partial charge in [-0.15, -0.1) is 24.0 Å². The standard InChI is InChI=1S/C19H27ClN4O3.HI/c1-3-17(25)24-6-5-14(12-24)23-19(21-2)22-11-13-9-15(20)18-16(10-13)26-7-4-8-27-18;/h9-10,14H,3-8,11-12H2,1-2H3,(H2,21,22,23);1H. The molecule has 0 saturated carbocycles. The molecule has 2 heterocycles. The van der Waals surface area contributed by atoms with Crippen molar-refractivity contribution in [1.82, 2.24) is 15.5 Å². The number of benzene rings is 1. The lowest BCUT2D eigenvalue weighted by molar-refractivity contribution is -0.129. The van der Waals surface area contributed by atoms with E-state index in [-0.39, 0.29) is 35.9 Å². The second-order valence-corrected chi connectivity index (χ2v) is 7.11. The van der Waals surface area contributed by atoms with Gasteiger partial charge < -0.3 is 25.0 Å². The van der Waals surface area contributed by atoms with Crippen LogP contribution in [0.25, 0.3) is 0 Å². The van der Waals surface area contributed by atoms with Gasteiger partial charge in [-0.3, -0.25) is 9.79 Å². The molecule has 1 aromatic carbocycles. The molecule has 0 radical (unpaired) electrons. The largest absolute Gasteiger partial charge is 0.489 e. The topological polar surface area (TPSA) is 75.2 Å². The van der Waals surface area contributed by atoms with Gasteiger partial charge in [0.05, 0.1) is 18.2 Å². The van der Waals surface area contributed by atoms with Crippen LogP contribution < -0.4 is 20.1 Å². The molecule has 1 atom stereocenters. The van der Waals surface area contributed by atoms with Crippen LogP contribution in [0.5, 0.6) is 11.5 Å². The fourth-order valence-corrected chi connectivity index (χ4v) is 3.58. The van der Waals surface area contributed by atoms with Crippen LogP contribution >= 0.6 is 35.6 Å². The first-order valence-corrected chi connectivity index (χ1v) is 9.81. The smallest absolute Gasteiger partial charge is 0.222 e. The summed E-state index contributed by atoms with van der Waals surface area (Å²) in [4.78, 5) is 18.0. The summed E-state index contributed by atoms with van der Waals surface area (Å²) < 4.78 is 11.4. The van der Waals surface area contributed by atoms with E-state index in [0.29, 0.717) is 55.2 Å². The maximum Gasteiger partial charge on any atom is 0.222 e. The predicted molar refractivity (Wildman–Crippen MR) is 121 cm³/mol. The van der Waals surface area contributed by atoms with E-state index in [9.17, 15) is 4.79 Å². The molecule has 7 nitrogen and oxygen atoms in total. The van der Waals surface area contributed by atoms with Gasteiger partial charge in [-0.2, -0.15) is 0 Å². The number of carbonyl (C=O) groups is 1. The third-order valence-corrected chi connectivity index (χ3v) is 5.01. The Hall–Kier alpha value is -1.42. The highest BCUT2D eigenvalue weighted by Gasteiger charge is 2.25. The molecule has 1 fully saturated rings. The zero-order valence-corrected chi connectivity index (χ0v) is 19.4. The number of guanidine groups is 1. The number of hydrogen-bond acceptors (Lipinski definition) is 4. The number of hydrogen-bond donors (Lipinski definition) is 2. The Morgan fingerprint density at radius 2 is 2.14 bits per heavy atom. The van der Waals surface area contributed by atoms with Crippen LogP contribution in [0.1, 0.15) is 31.7 Å². The first kappa shape index (κ1) is 22.9. The third kappa shape index (κ3) is 5.79. The van der Waals surface area contributed by atoms with Crippen molar-refractivity contribution in [3.8, 4) is 11.5 Å². The van der Waals surface area contributed by atoms with Gasteiger partial charge in [0.1, 0.15) is 0 Å². The van der Waals surface area contributed by atoms with Crippen LogP contribution in [-0.2, 0) is 11.3 Å². The van der Waals surface area contributed by atoms with Gasteiger partial charge in [-0.05, 0) is 24.1 Å². The number of amides is 1. The summed E-state index contributed by atoms with van der Waals surface area (Å²) in [5, 5.41) is 7.24. The second kappa shape index (κ2) is 10.9. The summed E-state index contributed by atoms with van der Waals surface area (Å²) in [6.07, 6.45) is 2.31. The SMILES string of the molecule is CCC(=O)N1CCC(NC(=NC)NCc2cc(Cl)c3c(c2)OCCCO3)C1.I. The molecule has 0 bridgehead atoms. The second-order valence-electron chi connectivity index (χ2n) is 6.70. The van der Waals surface area contributed by atoms with Crippen LogP contribution in [0.3, 0.4) is 0 Å². The Morgan fingerprint density at radius 3 is 2.89 bits per heavy atom. The number of ether oxygens (including phenoxy) is 2. The number of carbonyl (C=O) groups excluding carboxylic acids is 1. The molecular weight excluding hydrogens is 495 g/mol. The van der Waals surface area contributed by atoms with Crippen LogP contribution in [0, 0.1) is 0 Å². The Balaban J connectivity index is 0.00000280. The van der Waals surface area contributed by atoms with Gasteiger partial charge in [0.2, 0.25) is 5.91 Å². The molecule has 9 heteroatoms. The average Bonchev–Trinajstić information content (AvgIpc) is 3.00. The van der Waals surface area contributed by atoms with E-state index < -0.39 is 0 Å². The molecule has 1 unspecified atom stereocenters. The highest BCUT2D eigenvalue weighted by atomic mass is 127. The van der Waals surface area contributed by atoms with Crippen molar-refractivity contribution in [3.63, 3.8) is 0 Å². The lowest BCUT2D eigenvalue weighted by Gasteiger charge is -2.19. The number of nitrogens with one attached hydrogen (secondary N) is 2. The molecule has 0 aromatic heterocycles. The van der Waals surface area contributed by atoms with Crippen molar-refractivity contribution in [2.45, 2.75) is 38.8 Å². The summed E-state index contributed by atoms with van der Waals surface area (Å²) in [5.41, 5.74) is 0.987. The molecule has 2 aliphatic rings. The van der Waals surface area contributed by atoms with Crippen molar-refractivity contribution in [2.75, 3.05) is 33.4 Å². The summed E-state index contributed by atoms with van der Waals surface area (Å²) in [6.45, 7) is 5.19. The molecule has 1 aromatic rings. The Morgan fingerprint density at radius 1 is 1.36 bits per heavy atom. The average molecular weight is 523 g/mol. The first-order valence-electron chi connectivity index (χ1n) is 9.43. The van der Waals surface area contributed by atoms with Crippen molar-refractivity contribution >= 4 is 47.4 Å². The molecule has 3 rings (SSSR count). The van der Waals surface area contributed by atoms with Crippen molar-refractivity contribution in [3.05, 3.63) is 22.7 Å². The van der Waals surface area contributed by atoms with Crippen molar-refractivity contribution in [2.24, 2.45) is 4.99 Å². The zero-order chi connectivity index (χ0) is 19.2. The molecule has 2 aliphatic heterocycles. The van der Waals surface area contributed by atoms with Gasteiger partial charge in [0.25, 0.3) is 0 Å². The van der Waals surface area contributed by atoms with Crippen LogP contribution in [-0.4, -0.2) is 56.2 Å². The monoisotopic (exact) mass is 522 g/mol. The molecule has 1 amide bonds. The summed E-state index contributed by atoms with van der Waals surface area (Å²) in [7, 11) is 1.74. The van der Waals surface area contributed by atoms with E-state index in [4.69, 9.17) is 21.1 Å². The lowest BCUT2D eigenvalue weighted by atomic mass is 10.2. The minimum atomic E-state index is 0. The normalized spacial score (nSPS) is 18.9. The predicted octanol–water partition coefficient (Wildman–Crippen LogP) is 2.80. The van der Waals surface area contributed by atoms with Crippen LogP contribution in [0.4, 0.5) is 0 Å². The Bertz CT molecular complexity index is 717. The lowest BCUT2D eigenvalue weighted by Crippen LogP contribution is -2.44. The first-order chi connectivity index (χ1) is 13.1. The quantitative estimate of drug-likeness (QED) is 0.361. The fourth-order valence-electron chi connectivity index (χ4n) is 3.29. The van der Waals surface area contributed by atoms with Gasteiger partial charge >= 0.3 is 0 Å². The van der Waals surface area contributed by atoms with Crippen LogP contribution in [0.15, 0.2) is 17.1 Å². The van der Waals surface area contributed by atoms with Gasteiger partial charge in [0.15, 0.2) is 17.5 Å². The van der Waals surface area contributed by atoms with E-state index >= 15 is 0 Å². The summed E-state index contributed by atoms with van der Waals surface area (Å²) in [6, 6.07) is 4.04. The molecule has 2 N–H and O–H groups in total. The van der Waals surface area contributed by atoms with E-state index in [1.165, 1.54) is 0 Å².